The summed E-state index contributed by atoms with van der Waals surface area (Å²) in [6, 6.07) is 0. The third kappa shape index (κ3) is 1.90. The fourth-order valence-corrected chi connectivity index (χ4v) is 1.27. The van der Waals surface area contributed by atoms with E-state index < -0.39 is 11.9 Å². The Labute approximate surface area is 69.9 Å². The van der Waals surface area contributed by atoms with Crippen molar-refractivity contribution >= 4 is 17.5 Å². The molecule has 12 heavy (non-hydrogen) atoms. The highest BCUT2D eigenvalue weighted by Crippen LogP contribution is 2.21. The summed E-state index contributed by atoms with van der Waals surface area (Å²) in [5.41, 5.74) is 0. The van der Waals surface area contributed by atoms with Gasteiger partial charge in [-0.2, -0.15) is 0 Å². The lowest BCUT2D eigenvalue weighted by Crippen LogP contribution is -2.13. The number of rotatable bonds is 2. The molecule has 4 heteroatoms. The molecule has 0 amide bonds. The van der Waals surface area contributed by atoms with Crippen LogP contribution in [-0.2, 0) is 19.1 Å². The number of esters is 1. The molecule has 0 aliphatic heterocycles. The van der Waals surface area contributed by atoms with Crippen LogP contribution in [0.1, 0.15) is 19.3 Å². The Kier molecular flexibility index (Phi) is 2.58. The molecule has 1 rings (SSSR count). The van der Waals surface area contributed by atoms with E-state index in [1.807, 2.05) is 0 Å². The van der Waals surface area contributed by atoms with Crippen molar-refractivity contribution in [2.24, 2.45) is 5.92 Å². The molecule has 1 saturated carbocycles. The molecule has 0 radical (unpaired) electrons. The molecule has 0 spiro atoms. The highest BCUT2D eigenvalue weighted by molar-refractivity contribution is 6.07. The Bertz CT molecular complexity index is 231. The van der Waals surface area contributed by atoms with Gasteiger partial charge in [0.2, 0.25) is 0 Å². The number of hydrogen-bond acceptors (Lipinski definition) is 4. The topological polar surface area (TPSA) is 60.4 Å². The van der Waals surface area contributed by atoms with E-state index in [9.17, 15) is 14.4 Å². The van der Waals surface area contributed by atoms with Crippen LogP contribution < -0.4 is 0 Å². The van der Waals surface area contributed by atoms with Gasteiger partial charge < -0.3 is 4.74 Å². The van der Waals surface area contributed by atoms with Crippen molar-refractivity contribution in [3.05, 3.63) is 0 Å². The molecule has 0 aromatic heterocycles. The zero-order valence-electron chi connectivity index (χ0n) is 6.83. The van der Waals surface area contributed by atoms with E-state index in [1.54, 1.807) is 0 Å². The Morgan fingerprint density at radius 3 is 2.67 bits per heavy atom. The van der Waals surface area contributed by atoms with Gasteiger partial charge in [0.15, 0.2) is 0 Å². The zero-order chi connectivity index (χ0) is 9.14. The number of hydrogen-bond donors (Lipinski definition) is 0. The van der Waals surface area contributed by atoms with E-state index in [2.05, 4.69) is 4.74 Å². The van der Waals surface area contributed by atoms with Gasteiger partial charge in [0.25, 0.3) is 0 Å². The lowest BCUT2D eigenvalue weighted by atomic mass is 10.0. The molecule has 1 aliphatic carbocycles. The SMILES string of the molecule is COC(=O)CC1CC(=O)CC1=O. The van der Waals surface area contributed by atoms with Crippen LogP contribution in [0, 0.1) is 5.92 Å². The molecule has 0 N–H and O–H groups in total. The van der Waals surface area contributed by atoms with Crippen molar-refractivity contribution in [2.45, 2.75) is 19.3 Å². The standard InChI is InChI=1S/C8H10O4/c1-12-8(11)3-5-2-6(9)4-7(5)10/h5H,2-4H2,1H3. The van der Waals surface area contributed by atoms with Crippen molar-refractivity contribution in [1.82, 2.24) is 0 Å². The Balaban J connectivity index is 2.48. The zero-order valence-corrected chi connectivity index (χ0v) is 6.83. The van der Waals surface area contributed by atoms with E-state index in [4.69, 9.17) is 0 Å². The fraction of sp³-hybridized carbons (Fsp3) is 0.625. The molecule has 1 fully saturated rings. The van der Waals surface area contributed by atoms with Gasteiger partial charge in [-0.3, -0.25) is 14.4 Å². The summed E-state index contributed by atoms with van der Waals surface area (Å²) in [4.78, 5) is 32.5. The average molecular weight is 170 g/mol. The van der Waals surface area contributed by atoms with Crippen LogP contribution >= 0.6 is 0 Å². The highest BCUT2D eigenvalue weighted by atomic mass is 16.5. The molecule has 1 aliphatic rings. The molecule has 1 unspecified atom stereocenters. The van der Waals surface area contributed by atoms with Crippen LogP contribution in [0.2, 0.25) is 0 Å². The summed E-state index contributed by atoms with van der Waals surface area (Å²) in [5, 5.41) is 0. The third-order valence-corrected chi connectivity index (χ3v) is 1.94. The first-order valence-corrected chi connectivity index (χ1v) is 3.74. The Hall–Kier alpha value is -1.19. The van der Waals surface area contributed by atoms with Crippen LogP contribution in [0.15, 0.2) is 0 Å². The largest absolute Gasteiger partial charge is 0.469 e. The normalized spacial score (nSPS) is 22.9. The number of ether oxygens (including phenoxy) is 1. The quantitative estimate of drug-likeness (QED) is 0.435. The average Bonchev–Trinajstić information content (AvgIpc) is 2.30. The lowest BCUT2D eigenvalue weighted by molar-refractivity contribution is -0.143. The second-order valence-corrected chi connectivity index (χ2v) is 2.86. The van der Waals surface area contributed by atoms with Crippen molar-refractivity contribution in [3.8, 4) is 0 Å². The van der Waals surface area contributed by atoms with E-state index in [0.29, 0.717) is 0 Å². The van der Waals surface area contributed by atoms with Gasteiger partial charge in [0.1, 0.15) is 11.6 Å². The van der Waals surface area contributed by atoms with Crippen molar-refractivity contribution in [3.63, 3.8) is 0 Å². The summed E-state index contributed by atoms with van der Waals surface area (Å²) in [6.45, 7) is 0. The van der Waals surface area contributed by atoms with Crippen LogP contribution in [0.5, 0.6) is 0 Å². The lowest BCUT2D eigenvalue weighted by Gasteiger charge is -2.03. The minimum atomic E-state index is -0.428. The molecule has 0 bridgehead atoms. The Morgan fingerprint density at radius 1 is 1.58 bits per heavy atom. The molecular formula is C8H10O4. The monoisotopic (exact) mass is 170 g/mol. The first-order chi connectivity index (χ1) is 5.63. The maximum Gasteiger partial charge on any atom is 0.306 e. The van der Waals surface area contributed by atoms with Gasteiger partial charge in [-0.05, 0) is 0 Å². The van der Waals surface area contributed by atoms with E-state index >= 15 is 0 Å². The van der Waals surface area contributed by atoms with Crippen molar-refractivity contribution in [2.75, 3.05) is 7.11 Å². The van der Waals surface area contributed by atoms with Crippen LogP contribution in [0.4, 0.5) is 0 Å². The highest BCUT2D eigenvalue weighted by Gasteiger charge is 2.32. The molecule has 0 aromatic carbocycles. The first kappa shape index (κ1) is 8.90. The number of methoxy groups -OCH3 is 1. The molecule has 4 nitrogen and oxygen atoms in total. The van der Waals surface area contributed by atoms with Crippen molar-refractivity contribution in [1.29, 1.82) is 0 Å². The second-order valence-electron chi connectivity index (χ2n) is 2.86. The van der Waals surface area contributed by atoms with Crippen LogP contribution in [-0.4, -0.2) is 24.6 Å². The molecular weight excluding hydrogens is 160 g/mol. The van der Waals surface area contributed by atoms with Gasteiger partial charge in [-0.25, -0.2) is 0 Å². The molecule has 66 valence electrons. The van der Waals surface area contributed by atoms with Gasteiger partial charge in [0.05, 0.1) is 20.0 Å². The summed E-state index contributed by atoms with van der Waals surface area (Å²) >= 11 is 0. The molecule has 0 heterocycles. The summed E-state index contributed by atoms with van der Waals surface area (Å²) in [5.74, 6) is -1.06. The third-order valence-electron chi connectivity index (χ3n) is 1.94. The maximum atomic E-state index is 11.0. The molecule has 0 saturated heterocycles. The second kappa shape index (κ2) is 3.47. The van der Waals surface area contributed by atoms with Gasteiger partial charge in [-0.1, -0.05) is 0 Å². The van der Waals surface area contributed by atoms with Gasteiger partial charge in [0, 0.05) is 12.3 Å². The summed E-state index contributed by atoms with van der Waals surface area (Å²) in [7, 11) is 1.27. The molecule has 1 atom stereocenters. The molecule has 0 aromatic rings. The van der Waals surface area contributed by atoms with Crippen molar-refractivity contribution < 1.29 is 19.1 Å². The van der Waals surface area contributed by atoms with Gasteiger partial charge >= 0.3 is 5.97 Å². The van der Waals surface area contributed by atoms with E-state index in [1.165, 1.54) is 7.11 Å². The fourth-order valence-electron chi connectivity index (χ4n) is 1.27. The van der Waals surface area contributed by atoms with E-state index in [-0.39, 0.29) is 30.8 Å². The number of ketones is 2. The van der Waals surface area contributed by atoms with Gasteiger partial charge in [-0.15, -0.1) is 0 Å². The number of carbonyl (C=O) groups is 3. The summed E-state index contributed by atoms with van der Waals surface area (Å²) < 4.78 is 4.39. The predicted octanol–water partition coefficient (Wildman–Crippen LogP) is 0.0977. The smallest absolute Gasteiger partial charge is 0.306 e. The maximum absolute atomic E-state index is 11.0. The summed E-state index contributed by atoms with van der Waals surface area (Å²) in [6.07, 6.45) is 0.233. The Morgan fingerprint density at radius 2 is 2.25 bits per heavy atom. The number of Topliss-reactive ketones (excluding diaryl/α,β-unsaturated/α-hetero) is 2. The minimum absolute atomic E-state index is 0.0122. The predicted molar refractivity (Wildman–Crippen MR) is 39.4 cm³/mol. The first-order valence-electron chi connectivity index (χ1n) is 3.74. The van der Waals surface area contributed by atoms with Crippen LogP contribution in [0.3, 0.4) is 0 Å². The van der Waals surface area contributed by atoms with Crippen LogP contribution in [0.25, 0.3) is 0 Å². The minimum Gasteiger partial charge on any atom is -0.469 e. The number of carbonyl (C=O) groups excluding carboxylic acids is 3. The van der Waals surface area contributed by atoms with E-state index in [0.717, 1.165) is 0 Å².